The van der Waals surface area contributed by atoms with Crippen LogP contribution in [-0.2, 0) is 0 Å². The van der Waals surface area contributed by atoms with E-state index in [1.54, 1.807) is 0 Å². The van der Waals surface area contributed by atoms with E-state index in [1.807, 2.05) is 17.4 Å². The van der Waals surface area contributed by atoms with E-state index in [-0.39, 0.29) is 0 Å². The van der Waals surface area contributed by atoms with Crippen molar-refractivity contribution in [3.8, 4) is 34.2 Å². The fourth-order valence-corrected chi connectivity index (χ4v) is 9.06. The molecule has 238 valence electrons. The Bertz CT molecular complexity index is 3130. The topological polar surface area (TPSA) is 35.6 Å². The molecule has 0 saturated heterocycles. The summed E-state index contributed by atoms with van der Waals surface area (Å²) in [5.74, 6) is 0.653. The van der Waals surface area contributed by atoms with Crippen LogP contribution in [0.25, 0.3) is 97.9 Å². The van der Waals surface area contributed by atoms with Crippen LogP contribution in [0.4, 0.5) is 0 Å². The van der Waals surface area contributed by atoms with Crippen LogP contribution < -0.4 is 0 Å². The first kappa shape index (κ1) is 28.3. The van der Waals surface area contributed by atoms with Crippen molar-refractivity contribution in [1.82, 2.24) is 19.1 Å². The fourth-order valence-electron chi connectivity index (χ4n) is 7.91. The highest BCUT2D eigenvalue weighted by Gasteiger charge is 2.22. The number of fused-ring (bicyclic) bond motifs is 10. The highest BCUT2D eigenvalue weighted by molar-refractivity contribution is 7.25. The molecule has 4 aromatic heterocycles. The lowest BCUT2D eigenvalue weighted by molar-refractivity contribution is 0.996. The number of benzene rings is 7. The maximum atomic E-state index is 5.38. The number of hydrogen-bond acceptors (Lipinski definition) is 3. The second kappa shape index (κ2) is 11.0. The van der Waals surface area contributed by atoms with Gasteiger partial charge in [0.15, 0.2) is 0 Å². The summed E-state index contributed by atoms with van der Waals surface area (Å²) in [6.45, 7) is 0. The molecule has 0 amide bonds. The van der Waals surface area contributed by atoms with E-state index < -0.39 is 0 Å². The van der Waals surface area contributed by atoms with Crippen LogP contribution in [0.3, 0.4) is 0 Å². The van der Waals surface area contributed by atoms with Gasteiger partial charge in [0.2, 0.25) is 5.95 Å². The molecule has 11 rings (SSSR count). The first-order chi connectivity index (χ1) is 25.3. The Hall–Kier alpha value is -6.56. The van der Waals surface area contributed by atoms with Gasteiger partial charge in [-0.2, -0.15) is 0 Å². The molecule has 5 heteroatoms. The first-order valence-corrected chi connectivity index (χ1v) is 18.0. The van der Waals surface area contributed by atoms with Gasteiger partial charge < -0.3 is 4.57 Å². The largest absolute Gasteiger partial charge is 0.309 e. The van der Waals surface area contributed by atoms with Crippen molar-refractivity contribution in [2.75, 3.05) is 0 Å². The molecule has 4 nitrogen and oxygen atoms in total. The summed E-state index contributed by atoms with van der Waals surface area (Å²) in [6, 6.07) is 60.5. The zero-order valence-electron chi connectivity index (χ0n) is 27.4. The average Bonchev–Trinajstić information content (AvgIpc) is 3.85. The van der Waals surface area contributed by atoms with E-state index in [0.717, 1.165) is 39.2 Å². The molecule has 0 bridgehead atoms. The van der Waals surface area contributed by atoms with Crippen LogP contribution in [0.2, 0.25) is 0 Å². The second-order valence-corrected chi connectivity index (χ2v) is 14.1. The van der Waals surface area contributed by atoms with E-state index in [2.05, 4.69) is 173 Å². The molecule has 0 radical (unpaired) electrons. The summed E-state index contributed by atoms with van der Waals surface area (Å²) < 4.78 is 7.19. The Morgan fingerprint density at radius 2 is 0.922 bits per heavy atom. The maximum absolute atomic E-state index is 5.38. The van der Waals surface area contributed by atoms with Gasteiger partial charge >= 0.3 is 0 Å². The van der Waals surface area contributed by atoms with Gasteiger partial charge in [-0.25, -0.2) is 9.97 Å². The van der Waals surface area contributed by atoms with Gasteiger partial charge in [-0.15, -0.1) is 11.3 Å². The molecule has 0 N–H and O–H groups in total. The molecule has 7 aromatic carbocycles. The van der Waals surface area contributed by atoms with Gasteiger partial charge in [0.05, 0.1) is 33.5 Å². The number of aromatic nitrogens is 4. The standard InChI is InChI=1S/C46H28N4S/c1-3-13-29(14-4-1)36-28-37(30-23-24-33-32-17-9-12-22-42(32)51-43(33)27-30)48-46(47-36)50-39-21-11-8-19-35(39)45-41(50)26-25-40-44(45)34-18-7-10-20-38(34)49(40)31-15-5-2-6-16-31/h1-28H. The van der Waals surface area contributed by atoms with E-state index in [1.165, 1.54) is 52.8 Å². The normalized spacial score (nSPS) is 11.9. The highest BCUT2D eigenvalue weighted by Crippen LogP contribution is 2.43. The monoisotopic (exact) mass is 668 g/mol. The van der Waals surface area contributed by atoms with Gasteiger partial charge in [0, 0.05) is 58.5 Å². The van der Waals surface area contributed by atoms with E-state index in [0.29, 0.717) is 5.95 Å². The summed E-state index contributed by atoms with van der Waals surface area (Å²) in [4.78, 5) is 10.7. The third-order valence-corrected chi connectivity index (χ3v) is 11.3. The molecule has 0 fully saturated rings. The lowest BCUT2D eigenvalue weighted by Crippen LogP contribution is -2.04. The summed E-state index contributed by atoms with van der Waals surface area (Å²) in [5.41, 5.74) is 9.57. The Kier molecular flexibility index (Phi) is 6.09. The molecule has 0 aliphatic heterocycles. The predicted molar refractivity (Wildman–Crippen MR) is 214 cm³/mol. The van der Waals surface area contributed by atoms with Crippen LogP contribution >= 0.6 is 11.3 Å². The summed E-state index contributed by atoms with van der Waals surface area (Å²) in [5, 5.41) is 7.41. The van der Waals surface area contributed by atoms with Crippen molar-refractivity contribution in [1.29, 1.82) is 0 Å². The lowest BCUT2D eigenvalue weighted by atomic mass is 10.1. The number of rotatable bonds is 4. The number of nitrogens with zero attached hydrogens (tertiary/aromatic N) is 4. The summed E-state index contributed by atoms with van der Waals surface area (Å²) in [7, 11) is 0. The molecular weight excluding hydrogens is 641 g/mol. The lowest BCUT2D eigenvalue weighted by Gasteiger charge is -2.12. The zero-order valence-corrected chi connectivity index (χ0v) is 28.2. The Balaban J connectivity index is 1.22. The SMILES string of the molecule is c1ccc(-c2cc(-c3ccc4c(c3)sc3ccccc34)nc(-n3c4ccccc4c4c5c6ccccc6n(-c6ccccc6)c5ccc43)n2)cc1. The maximum Gasteiger partial charge on any atom is 0.235 e. The summed E-state index contributed by atoms with van der Waals surface area (Å²) >= 11 is 1.83. The zero-order chi connectivity index (χ0) is 33.5. The van der Waals surface area contributed by atoms with Crippen LogP contribution in [-0.4, -0.2) is 19.1 Å². The van der Waals surface area contributed by atoms with E-state index in [4.69, 9.17) is 9.97 Å². The second-order valence-electron chi connectivity index (χ2n) is 13.0. The quantitative estimate of drug-likeness (QED) is 0.187. The molecule has 0 saturated carbocycles. The molecule has 0 aliphatic carbocycles. The number of thiophene rings is 1. The molecule has 11 aromatic rings. The minimum absolute atomic E-state index is 0.653. The number of para-hydroxylation sites is 3. The molecule has 0 aliphatic rings. The third kappa shape index (κ3) is 4.25. The predicted octanol–water partition coefficient (Wildman–Crippen LogP) is 12.4. The summed E-state index contributed by atoms with van der Waals surface area (Å²) in [6.07, 6.45) is 0. The van der Waals surface area contributed by atoms with E-state index >= 15 is 0 Å². The minimum atomic E-state index is 0.653. The van der Waals surface area contributed by atoms with Crippen molar-refractivity contribution in [3.05, 3.63) is 170 Å². The molecule has 0 spiro atoms. The average molecular weight is 669 g/mol. The van der Waals surface area contributed by atoms with Crippen molar-refractivity contribution in [2.24, 2.45) is 0 Å². The molecule has 51 heavy (non-hydrogen) atoms. The van der Waals surface area contributed by atoms with E-state index in [9.17, 15) is 0 Å². The van der Waals surface area contributed by atoms with Crippen LogP contribution in [0.5, 0.6) is 0 Å². The molecule has 4 heterocycles. The van der Waals surface area contributed by atoms with Crippen molar-refractivity contribution < 1.29 is 0 Å². The first-order valence-electron chi connectivity index (χ1n) is 17.2. The fraction of sp³-hybridized carbons (Fsp3) is 0. The van der Waals surface area contributed by atoms with Gasteiger partial charge in [0.25, 0.3) is 0 Å². The highest BCUT2D eigenvalue weighted by atomic mass is 32.1. The van der Waals surface area contributed by atoms with Gasteiger partial charge in [-0.3, -0.25) is 4.57 Å². The Morgan fingerprint density at radius 1 is 0.373 bits per heavy atom. The Labute approximate surface area is 297 Å². The van der Waals surface area contributed by atoms with Crippen LogP contribution in [0, 0.1) is 0 Å². The third-order valence-electron chi connectivity index (χ3n) is 10.1. The van der Waals surface area contributed by atoms with Crippen molar-refractivity contribution in [3.63, 3.8) is 0 Å². The molecular formula is C46H28N4S. The van der Waals surface area contributed by atoms with Crippen LogP contribution in [0.1, 0.15) is 0 Å². The number of hydrogen-bond donors (Lipinski definition) is 0. The molecule has 0 atom stereocenters. The molecule has 0 unspecified atom stereocenters. The minimum Gasteiger partial charge on any atom is -0.309 e. The Morgan fingerprint density at radius 3 is 1.65 bits per heavy atom. The van der Waals surface area contributed by atoms with Gasteiger partial charge in [-0.05, 0) is 54.6 Å². The van der Waals surface area contributed by atoms with Gasteiger partial charge in [-0.1, -0.05) is 115 Å². The smallest absolute Gasteiger partial charge is 0.235 e. The van der Waals surface area contributed by atoms with Crippen molar-refractivity contribution in [2.45, 2.75) is 0 Å². The van der Waals surface area contributed by atoms with Crippen molar-refractivity contribution >= 4 is 75.1 Å². The van der Waals surface area contributed by atoms with Crippen LogP contribution in [0.15, 0.2) is 170 Å². The van der Waals surface area contributed by atoms with Gasteiger partial charge in [0.1, 0.15) is 0 Å².